The number of hydrogen-bond donors (Lipinski definition) is 1. The molecular weight excluding hydrogens is 320 g/mol. The van der Waals surface area contributed by atoms with E-state index in [0.717, 1.165) is 48.5 Å². The second-order valence-corrected chi connectivity index (χ2v) is 6.08. The zero-order chi connectivity index (χ0) is 17.5. The van der Waals surface area contributed by atoms with Crippen molar-refractivity contribution >= 4 is 5.97 Å². The van der Waals surface area contributed by atoms with Gasteiger partial charge >= 0.3 is 5.97 Å². The fourth-order valence-electron chi connectivity index (χ4n) is 2.77. The standard InChI is InChI=1S/C20H22O5/c21-20(22)8-3-1-2-5-15-6-4-7-17(11-15)23-13-16-9-10-18-19(12-16)25-14-24-18/h4,6-7,9-12H,1-3,5,8,13-14H2,(H,21,22). The molecule has 1 aliphatic heterocycles. The Hall–Kier alpha value is -2.69. The number of fused-ring (bicyclic) bond motifs is 1. The van der Waals surface area contributed by atoms with Crippen LogP contribution in [0.1, 0.15) is 36.8 Å². The molecule has 2 aromatic carbocycles. The molecule has 1 aliphatic rings. The van der Waals surface area contributed by atoms with Gasteiger partial charge in [0.1, 0.15) is 12.4 Å². The third kappa shape index (κ3) is 5.14. The number of carbonyl (C=O) groups is 1. The van der Waals surface area contributed by atoms with Crippen molar-refractivity contribution in [1.82, 2.24) is 0 Å². The zero-order valence-electron chi connectivity index (χ0n) is 14.1. The molecule has 2 aromatic rings. The normalized spacial score (nSPS) is 12.2. The monoisotopic (exact) mass is 342 g/mol. The molecule has 0 atom stereocenters. The van der Waals surface area contributed by atoms with Gasteiger partial charge in [0, 0.05) is 6.42 Å². The summed E-state index contributed by atoms with van der Waals surface area (Å²) in [5, 5.41) is 8.64. The SMILES string of the molecule is O=C(O)CCCCCc1cccc(OCc2ccc3c(c2)OCO3)c1. The van der Waals surface area contributed by atoms with E-state index in [0.29, 0.717) is 6.61 Å². The van der Waals surface area contributed by atoms with Crippen LogP contribution in [0.25, 0.3) is 0 Å². The first-order valence-electron chi connectivity index (χ1n) is 8.53. The molecule has 5 nitrogen and oxygen atoms in total. The van der Waals surface area contributed by atoms with Crippen molar-refractivity contribution in [2.24, 2.45) is 0 Å². The lowest BCUT2D eigenvalue weighted by Gasteiger charge is -2.09. The van der Waals surface area contributed by atoms with Crippen LogP contribution < -0.4 is 14.2 Å². The van der Waals surface area contributed by atoms with Crippen molar-refractivity contribution in [1.29, 1.82) is 0 Å². The predicted octanol–water partition coefficient (Wildman–Crippen LogP) is 4.18. The van der Waals surface area contributed by atoms with Gasteiger partial charge in [0.25, 0.3) is 0 Å². The fourth-order valence-corrected chi connectivity index (χ4v) is 2.77. The highest BCUT2D eigenvalue weighted by Gasteiger charge is 2.13. The number of aryl methyl sites for hydroxylation is 1. The summed E-state index contributed by atoms with van der Waals surface area (Å²) in [6.45, 7) is 0.743. The number of hydrogen-bond acceptors (Lipinski definition) is 4. The molecule has 25 heavy (non-hydrogen) atoms. The molecule has 132 valence electrons. The maximum Gasteiger partial charge on any atom is 0.303 e. The lowest BCUT2D eigenvalue weighted by atomic mass is 10.1. The van der Waals surface area contributed by atoms with Gasteiger partial charge in [-0.05, 0) is 54.7 Å². The van der Waals surface area contributed by atoms with Crippen molar-refractivity contribution in [3.05, 3.63) is 53.6 Å². The molecule has 0 radical (unpaired) electrons. The van der Waals surface area contributed by atoms with Gasteiger partial charge in [0.2, 0.25) is 6.79 Å². The van der Waals surface area contributed by atoms with Crippen LogP contribution in [0.3, 0.4) is 0 Å². The molecule has 0 saturated heterocycles. The number of rotatable bonds is 9. The number of carboxylic acids is 1. The van der Waals surface area contributed by atoms with Crippen molar-refractivity contribution in [2.45, 2.75) is 38.7 Å². The molecule has 5 heteroatoms. The maximum absolute atomic E-state index is 10.5. The Bertz CT molecular complexity index is 726. The Morgan fingerprint density at radius 1 is 1.00 bits per heavy atom. The number of carboxylic acid groups (broad SMARTS) is 1. The molecule has 0 unspecified atom stereocenters. The first-order chi connectivity index (χ1) is 12.2. The molecule has 0 fully saturated rings. The Labute approximate surface area is 147 Å². The van der Waals surface area contributed by atoms with Crippen LogP contribution in [-0.4, -0.2) is 17.9 Å². The minimum absolute atomic E-state index is 0.249. The van der Waals surface area contributed by atoms with Crippen molar-refractivity contribution in [3.63, 3.8) is 0 Å². The lowest BCUT2D eigenvalue weighted by molar-refractivity contribution is -0.137. The van der Waals surface area contributed by atoms with Gasteiger partial charge in [-0.3, -0.25) is 4.79 Å². The third-order valence-electron chi connectivity index (χ3n) is 4.10. The van der Waals surface area contributed by atoms with Crippen LogP contribution in [0.15, 0.2) is 42.5 Å². The van der Waals surface area contributed by atoms with Gasteiger partial charge in [0.15, 0.2) is 11.5 Å². The molecule has 1 N–H and O–H groups in total. The van der Waals surface area contributed by atoms with Crippen LogP contribution in [0, 0.1) is 0 Å². The van der Waals surface area contributed by atoms with E-state index in [1.54, 1.807) is 0 Å². The van der Waals surface area contributed by atoms with Gasteiger partial charge < -0.3 is 19.3 Å². The molecule has 1 heterocycles. The minimum Gasteiger partial charge on any atom is -0.489 e. The summed E-state index contributed by atoms with van der Waals surface area (Å²) in [4.78, 5) is 10.5. The second-order valence-electron chi connectivity index (χ2n) is 6.08. The Morgan fingerprint density at radius 3 is 2.76 bits per heavy atom. The summed E-state index contributed by atoms with van der Waals surface area (Å²) in [5.74, 6) is 1.64. The average molecular weight is 342 g/mol. The summed E-state index contributed by atoms with van der Waals surface area (Å²) in [6, 6.07) is 13.9. The summed E-state index contributed by atoms with van der Waals surface area (Å²) >= 11 is 0. The van der Waals surface area contributed by atoms with E-state index in [4.69, 9.17) is 19.3 Å². The molecular formula is C20H22O5. The predicted molar refractivity (Wildman–Crippen MR) is 93.1 cm³/mol. The van der Waals surface area contributed by atoms with Crippen LogP contribution in [-0.2, 0) is 17.8 Å². The van der Waals surface area contributed by atoms with E-state index in [-0.39, 0.29) is 13.2 Å². The first-order valence-corrected chi connectivity index (χ1v) is 8.53. The van der Waals surface area contributed by atoms with Crippen LogP contribution in [0.4, 0.5) is 0 Å². The zero-order valence-corrected chi connectivity index (χ0v) is 14.1. The quantitative estimate of drug-likeness (QED) is 0.693. The summed E-state index contributed by atoms with van der Waals surface area (Å²) in [5.41, 5.74) is 2.24. The lowest BCUT2D eigenvalue weighted by Crippen LogP contribution is -1.97. The summed E-state index contributed by atoms with van der Waals surface area (Å²) in [6.07, 6.45) is 3.82. The van der Waals surface area contributed by atoms with Crippen LogP contribution in [0.5, 0.6) is 17.2 Å². The van der Waals surface area contributed by atoms with Gasteiger partial charge in [0.05, 0.1) is 0 Å². The van der Waals surface area contributed by atoms with E-state index in [1.807, 2.05) is 36.4 Å². The Kier molecular flexibility index (Phi) is 5.77. The van der Waals surface area contributed by atoms with E-state index < -0.39 is 5.97 Å². The average Bonchev–Trinajstić information content (AvgIpc) is 3.07. The number of benzene rings is 2. The molecule has 0 bridgehead atoms. The molecule has 0 amide bonds. The smallest absolute Gasteiger partial charge is 0.303 e. The van der Waals surface area contributed by atoms with E-state index in [1.165, 1.54) is 5.56 Å². The number of unbranched alkanes of at least 4 members (excludes halogenated alkanes) is 2. The molecule has 3 rings (SSSR count). The maximum atomic E-state index is 10.5. The molecule has 0 aliphatic carbocycles. The van der Waals surface area contributed by atoms with Crippen molar-refractivity contribution in [3.8, 4) is 17.2 Å². The van der Waals surface area contributed by atoms with Gasteiger partial charge in [-0.15, -0.1) is 0 Å². The fraction of sp³-hybridized carbons (Fsp3) is 0.350. The highest BCUT2D eigenvalue weighted by Crippen LogP contribution is 2.32. The summed E-state index contributed by atoms with van der Waals surface area (Å²) < 4.78 is 16.6. The highest BCUT2D eigenvalue weighted by atomic mass is 16.7. The summed E-state index contributed by atoms with van der Waals surface area (Å²) in [7, 11) is 0. The van der Waals surface area contributed by atoms with Crippen LogP contribution >= 0.6 is 0 Å². The van der Waals surface area contributed by atoms with Gasteiger partial charge in [-0.2, -0.15) is 0 Å². The topological polar surface area (TPSA) is 65.0 Å². The number of ether oxygens (including phenoxy) is 3. The van der Waals surface area contributed by atoms with Gasteiger partial charge in [-0.1, -0.05) is 24.6 Å². The minimum atomic E-state index is -0.723. The van der Waals surface area contributed by atoms with E-state index in [2.05, 4.69) is 6.07 Å². The number of aliphatic carboxylic acids is 1. The van der Waals surface area contributed by atoms with E-state index in [9.17, 15) is 4.79 Å². The Balaban J connectivity index is 1.47. The van der Waals surface area contributed by atoms with Crippen LogP contribution in [0.2, 0.25) is 0 Å². The third-order valence-corrected chi connectivity index (χ3v) is 4.10. The Morgan fingerprint density at radius 2 is 1.88 bits per heavy atom. The highest BCUT2D eigenvalue weighted by molar-refractivity contribution is 5.66. The first kappa shape index (κ1) is 17.1. The molecule has 0 aromatic heterocycles. The molecule has 0 saturated carbocycles. The largest absolute Gasteiger partial charge is 0.489 e. The second kappa shape index (κ2) is 8.42. The molecule has 0 spiro atoms. The van der Waals surface area contributed by atoms with Crippen molar-refractivity contribution in [2.75, 3.05) is 6.79 Å². The van der Waals surface area contributed by atoms with Crippen molar-refractivity contribution < 1.29 is 24.1 Å². The van der Waals surface area contributed by atoms with Gasteiger partial charge in [-0.25, -0.2) is 0 Å². The van der Waals surface area contributed by atoms with E-state index >= 15 is 0 Å².